The van der Waals surface area contributed by atoms with Crippen molar-refractivity contribution >= 4 is 18.5 Å². The lowest BCUT2D eigenvalue weighted by Gasteiger charge is -2.28. The van der Waals surface area contributed by atoms with Gasteiger partial charge in [-0.3, -0.25) is 4.79 Å². The average molecular weight is 257 g/mol. The summed E-state index contributed by atoms with van der Waals surface area (Å²) in [5.74, 6) is 2.31. The molecule has 0 saturated carbocycles. The zero-order chi connectivity index (χ0) is 13.1. The van der Waals surface area contributed by atoms with Crippen LogP contribution in [0.5, 0.6) is 0 Å². The number of hydrogen-bond donors (Lipinski definition) is 1. The molecule has 100 valence electrons. The molecule has 1 aliphatic heterocycles. The van der Waals surface area contributed by atoms with Gasteiger partial charge in [0.05, 0.1) is 0 Å². The van der Waals surface area contributed by atoms with E-state index in [1.165, 1.54) is 0 Å². The number of hydrogen-bond acceptors (Lipinski definition) is 2. The molecule has 2 nitrogen and oxygen atoms in total. The van der Waals surface area contributed by atoms with Crippen molar-refractivity contribution in [1.29, 1.82) is 0 Å². The Morgan fingerprint density at radius 3 is 2.53 bits per heavy atom. The van der Waals surface area contributed by atoms with Crippen molar-refractivity contribution in [3.63, 3.8) is 0 Å². The molecule has 17 heavy (non-hydrogen) atoms. The number of thiol groups is 1. The topological polar surface area (TPSA) is 20.3 Å². The van der Waals surface area contributed by atoms with Gasteiger partial charge in [-0.15, -0.1) is 0 Å². The summed E-state index contributed by atoms with van der Waals surface area (Å²) in [5, 5.41) is 0. The molecule has 0 aromatic carbocycles. The maximum atomic E-state index is 12.1. The standard InChI is InChI=1S/C14H27NOS/c1-11(2)12(10-17)9-15-8-7-14(3,4)6-5-13(15)16/h11-12,17H,5-10H2,1-4H3. The third-order valence-corrected chi connectivity index (χ3v) is 4.53. The minimum Gasteiger partial charge on any atom is -0.342 e. The van der Waals surface area contributed by atoms with Gasteiger partial charge in [0.2, 0.25) is 5.91 Å². The molecule has 1 atom stereocenters. The molecule has 0 N–H and O–H groups in total. The molecular formula is C14H27NOS. The Balaban J connectivity index is 2.60. The van der Waals surface area contributed by atoms with Gasteiger partial charge in [0.25, 0.3) is 0 Å². The minimum atomic E-state index is 0.318. The van der Waals surface area contributed by atoms with Gasteiger partial charge < -0.3 is 4.90 Å². The molecule has 1 amide bonds. The molecule has 1 unspecified atom stereocenters. The first-order chi connectivity index (χ1) is 7.85. The van der Waals surface area contributed by atoms with Crippen LogP contribution in [0, 0.1) is 17.3 Å². The van der Waals surface area contributed by atoms with Crippen molar-refractivity contribution in [3.8, 4) is 0 Å². The first-order valence-electron chi connectivity index (χ1n) is 6.74. The number of carbonyl (C=O) groups excluding carboxylic acids is 1. The Hall–Kier alpha value is -0.180. The zero-order valence-electron chi connectivity index (χ0n) is 11.7. The number of nitrogens with zero attached hydrogens (tertiary/aromatic N) is 1. The summed E-state index contributed by atoms with van der Waals surface area (Å²) < 4.78 is 0. The van der Waals surface area contributed by atoms with Crippen LogP contribution in [0.2, 0.25) is 0 Å². The fourth-order valence-corrected chi connectivity index (χ4v) is 2.78. The number of amides is 1. The highest BCUT2D eigenvalue weighted by molar-refractivity contribution is 7.80. The first-order valence-corrected chi connectivity index (χ1v) is 7.37. The van der Waals surface area contributed by atoms with Gasteiger partial charge >= 0.3 is 0 Å². The normalized spacial score (nSPS) is 22.7. The molecule has 3 heteroatoms. The summed E-state index contributed by atoms with van der Waals surface area (Å²) >= 11 is 4.41. The quantitative estimate of drug-likeness (QED) is 0.767. The van der Waals surface area contributed by atoms with E-state index in [4.69, 9.17) is 0 Å². The summed E-state index contributed by atoms with van der Waals surface area (Å²) in [6, 6.07) is 0. The van der Waals surface area contributed by atoms with Crippen LogP contribution in [0.4, 0.5) is 0 Å². The Morgan fingerprint density at radius 2 is 2.00 bits per heavy atom. The van der Waals surface area contributed by atoms with E-state index < -0.39 is 0 Å². The predicted octanol–water partition coefficient (Wildman–Crippen LogP) is 3.23. The van der Waals surface area contributed by atoms with Crippen LogP contribution >= 0.6 is 12.6 Å². The second-order valence-electron chi connectivity index (χ2n) is 6.44. The van der Waals surface area contributed by atoms with Gasteiger partial charge in [-0.1, -0.05) is 27.7 Å². The van der Waals surface area contributed by atoms with Gasteiger partial charge in [-0.2, -0.15) is 12.6 Å². The van der Waals surface area contributed by atoms with E-state index in [2.05, 4.69) is 45.2 Å². The summed E-state index contributed by atoms with van der Waals surface area (Å²) in [6.07, 6.45) is 2.86. The van der Waals surface area contributed by atoms with Crippen LogP contribution in [0.3, 0.4) is 0 Å². The third kappa shape index (κ3) is 4.53. The van der Waals surface area contributed by atoms with Crippen molar-refractivity contribution in [2.24, 2.45) is 17.3 Å². The SMILES string of the molecule is CC(C)C(CS)CN1CCC(C)(C)CCC1=O. The summed E-state index contributed by atoms with van der Waals surface area (Å²) in [7, 11) is 0. The Bertz CT molecular complexity index is 263. The fourth-order valence-electron chi connectivity index (χ4n) is 2.25. The van der Waals surface area contributed by atoms with E-state index in [0.717, 1.165) is 31.7 Å². The highest BCUT2D eigenvalue weighted by Crippen LogP contribution is 2.31. The summed E-state index contributed by atoms with van der Waals surface area (Å²) in [6.45, 7) is 10.8. The molecule has 1 aliphatic rings. The molecule has 0 radical (unpaired) electrons. The van der Waals surface area contributed by atoms with Crippen LogP contribution in [0.25, 0.3) is 0 Å². The lowest BCUT2D eigenvalue weighted by molar-refractivity contribution is -0.131. The van der Waals surface area contributed by atoms with Gasteiger partial charge in [0.15, 0.2) is 0 Å². The third-order valence-electron chi connectivity index (χ3n) is 4.06. The minimum absolute atomic E-state index is 0.318. The van der Waals surface area contributed by atoms with Crippen molar-refractivity contribution in [2.45, 2.75) is 47.0 Å². The summed E-state index contributed by atoms with van der Waals surface area (Å²) in [4.78, 5) is 14.1. The van der Waals surface area contributed by atoms with Crippen molar-refractivity contribution in [1.82, 2.24) is 4.90 Å². The van der Waals surface area contributed by atoms with Gasteiger partial charge in [0, 0.05) is 19.5 Å². The van der Waals surface area contributed by atoms with Gasteiger partial charge in [-0.05, 0) is 35.8 Å². The second-order valence-corrected chi connectivity index (χ2v) is 6.81. The number of rotatable bonds is 4. The van der Waals surface area contributed by atoms with E-state index in [0.29, 0.717) is 29.6 Å². The van der Waals surface area contributed by atoms with E-state index in [1.807, 2.05) is 0 Å². The molecule has 0 aromatic rings. The maximum Gasteiger partial charge on any atom is 0.222 e. The average Bonchev–Trinajstić information content (AvgIpc) is 2.37. The van der Waals surface area contributed by atoms with Crippen LogP contribution < -0.4 is 0 Å². The fraction of sp³-hybridized carbons (Fsp3) is 0.929. The maximum absolute atomic E-state index is 12.1. The molecule has 0 aliphatic carbocycles. The molecule has 0 bridgehead atoms. The Labute approximate surface area is 112 Å². The first kappa shape index (κ1) is 14.9. The molecule has 0 spiro atoms. The van der Waals surface area contributed by atoms with Crippen molar-refractivity contribution < 1.29 is 4.79 Å². The number of carbonyl (C=O) groups is 1. The summed E-state index contributed by atoms with van der Waals surface area (Å²) in [5.41, 5.74) is 0.318. The van der Waals surface area contributed by atoms with E-state index >= 15 is 0 Å². The van der Waals surface area contributed by atoms with E-state index in [1.54, 1.807) is 0 Å². The number of likely N-dealkylation sites (tertiary alicyclic amines) is 1. The predicted molar refractivity (Wildman–Crippen MR) is 76.4 cm³/mol. The zero-order valence-corrected chi connectivity index (χ0v) is 12.6. The molecular weight excluding hydrogens is 230 g/mol. The van der Waals surface area contributed by atoms with Crippen LogP contribution in [0.1, 0.15) is 47.0 Å². The highest BCUT2D eigenvalue weighted by atomic mass is 32.1. The molecule has 1 rings (SSSR count). The van der Waals surface area contributed by atoms with E-state index in [9.17, 15) is 4.79 Å². The van der Waals surface area contributed by atoms with Crippen molar-refractivity contribution in [3.05, 3.63) is 0 Å². The lowest BCUT2D eigenvalue weighted by atomic mass is 9.85. The Kier molecular flexibility index (Phi) is 5.36. The molecule has 1 heterocycles. The molecule has 1 fully saturated rings. The monoisotopic (exact) mass is 257 g/mol. The molecule has 1 saturated heterocycles. The van der Waals surface area contributed by atoms with Gasteiger partial charge in [-0.25, -0.2) is 0 Å². The molecule has 0 aromatic heterocycles. The van der Waals surface area contributed by atoms with Crippen LogP contribution in [-0.4, -0.2) is 29.6 Å². The van der Waals surface area contributed by atoms with Crippen LogP contribution in [0.15, 0.2) is 0 Å². The van der Waals surface area contributed by atoms with Gasteiger partial charge in [0.1, 0.15) is 0 Å². The smallest absolute Gasteiger partial charge is 0.222 e. The Morgan fingerprint density at radius 1 is 1.35 bits per heavy atom. The second kappa shape index (κ2) is 6.12. The lowest BCUT2D eigenvalue weighted by Crippen LogP contribution is -2.37. The van der Waals surface area contributed by atoms with Crippen molar-refractivity contribution in [2.75, 3.05) is 18.8 Å². The largest absolute Gasteiger partial charge is 0.342 e. The van der Waals surface area contributed by atoms with E-state index in [-0.39, 0.29) is 0 Å². The highest BCUT2D eigenvalue weighted by Gasteiger charge is 2.28. The van der Waals surface area contributed by atoms with Crippen LogP contribution in [-0.2, 0) is 4.79 Å².